The van der Waals surface area contributed by atoms with Gasteiger partial charge in [-0.25, -0.2) is 0 Å². The van der Waals surface area contributed by atoms with Crippen molar-refractivity contribution in [3.05, 3.63) is 18.0 Å². The molecule has 4 nitrogen and oxygen atoms in total. The summed E-state index contributed by atoms with van der Waals surface area (Å²) < 4.78 is 1.82. The van der Waals surface area contributed by atoms with Crippen LogP contribution in [0.15, 0.2) is 12.4 Å². The number of rotatable bonds is 5. The van der Waals surface area contributed by atoms with Crippen LogP contribution in [0, 0.1) is 0 Å². The van der Waals surface area contributed by atoms with Gasteiger partial charge in [-0.05, 0) is 20.4 Å². The molecule has 0 saturated carbocycles. The highest BCUT2D eigenvalue weighted by Gasteiger charge is 2.16. The van der Waals surface area contributed by atoms with Crippen LogP contribution in [-0.4, -0.2) is 27.5 Å². The highest BCUT2D eigenvalue weighted by Crippen LogP contribution is 2.15. The highest BCUT2D eigenvalue weighted by atomic mass is 16.3. The highest BCUT2D eigenvalue weighted by molar-refractivity contribution is 5.10. The summed E-state index contributed by atoms with van der Waals surface area (Å²) in [5, 5.41) is 17.2. The van der Waals surface area contributed by atoms with Gasteiger partial charge in [0.05, 0.1) is 12.3 Å². The summed E-state index contributed by atoms with van der Waals surface area (Å²) in [7, 11) is 0. The molecule has 1 aromatic heterocycles. The number of nitrogens with one attached hydrogen (secondary N) is 1. The van der Waals surface area contributed by atoms with Crippen LogP contribution in [0.1, 0.15) is 32.4 Å². The average molecular weight is 197 g/mol. The number of likely N-dealkylation sites (N-methyl/N-ethyl adjacent to an activating group) is 1. The molecule has 14 heavy (non-hydrogen) atoms. The minimum atomic E-state index is -0.477. The lowest BCUT2D eigenvalue weighted by molar-refractivity contribution is 0.137. The quantitative estimate of drug-likeness (QED) is 0.738. The van der Waals surface area contributed by atoms with E-state index < -0.39 is 6.10 Å². The Labute approximate surface area is 84.9 Å². The van der Waals surface area contributed by atoms with Gasteiger partial charge in [0.25, 0.3) is 0 Å². The van der Waals surface area contributed by atoms with E-state index in [1.165, 1.54) is 0 Å². The molecular weight excluding hydrogens is 178 g/mol. The number of aliphatic hydroxyl groups excluding tert-OH is 1. The summed E-state index contributed by atoms with van der Waals surface area (Å²) in [4.78, 5) is 0. The van der Waals surface area contributed by atoms with E-state index in [-0.39, 0.29) is 6.04 Å². The predicted molar refractivity (Wildman–Crippen MR) is 56.0 cm³/mol. The Morgan fingerprint density at radius 2 is 2.29 bits per heavy atom. The second kappa shape index (κ2) is 5.12. The zero-order valence-corrected chi connectivity index (χ0v) is 9.07. The number of hydrogen-bond donors (Lipinski definition) is 2. The number of aryl methyl sites for hydroxylation is 1. The van der Waals surface area contributed by atoms with Gasteiger partial charge in [-0.3, -0.25) is 4.68 Å². The summed E-state index contributed by atoms with van der Waals surface area (Å²) in [6, 6.07) is 0.0644. The van der Waals surface area contributed by atoms with E-state index >= 15 is 0 Å². The predicted octanol–water partition coefficient (Wildman–Crippen LogP) is 0.934. The first-order valence-electron chi connectivity index (χ1n) is 5.12. The third kappa shape index (κ3) is 2.56. The van der Waals surface area contributed by atoms with Crippen molar-refractivity contribution in [2.24, 2.45) is 0 Å². The van der Waals surface area contributed by atoms with E-state index in [2.05, 4.69) is 10.4 Å². The average Bonchev–Trinajstić information content (AvgIpc) is 2.65. The van der Waals surface area contributed by atoms with E-state index in [1.54, 1.807) is 6.20 Å². The smallest absolute Gasteiger partial charge is 0.0970 e. The molecule has 2 unspecified atom stereocenters. The lowest BCUT2D eigenvalue weighted by Crippen LogP contribution is -2.31. The first-order chi connectivity index (χ1) is 6.69. The molecule has 0 radical (unpaired) electrons. The summed E-state index contributed by atoms with van der Waals surface area (Å²) in [5.74, 6) is 0. The molecule has 0 aliphatic carbocycles. The molecule has 0 bridgehead atoms. The van der Waals surface area contributed by atoms with Crippen molar-refractivity contribution in [2.75, 3.05) is 6.54 Å². The molecule has 0 saturated heterocycles. The van der Waals surface area contributed by atoms with Crippen molar-refractivity contribution in [1.29, 1.82) is 0 Å². The van der Waals surface area contributed by atoms with Crippen molar-refractivity contribution < 1.29 is 5.11 Å². The van der Waals surface area contributed by atoms with Gasteiger partial charge < -0.3 is 10.4 Å². The fourth-order valence-corrected chi connectivity index (χ4v) is 1.43. The lowest BCUT2D eigenvalue weighted by Gasteiger charge is -2.17. The molecular formula is C10H19N3O. The maximum atomic E-state index is 9.91. The normalized spacial score (nSPS) is 15.4. The van der Waals surface area contributed by atoms with Crippen LogP contribution in [-0.2, 0) is 6.54 Å². The topological polar surface area (TPSA) is 50.1 Å². The Bertz CT molecular complexity index is 272. The van der Waals surface area contributed by atoms with Gasteiger partial charge in [-0.1, -0.05) is 6.92 Å². The number of aliphatic hydroxyl groups is 1. The standard InChI is InChI=1S/C10H19N3O/c1-4-11-8(3)10(14)9-6-12-13(5-2)7-9/h6-8,10-11,14H,4-5H2,1-3H3. The molecule has 0 amide bonds. The Kier molecular flexibility index (Phi) is 4.10. The first kappa shape index (κ1) is 11.2. The fraction of sp³-hybridized carbons (Fsp3) is 0.700. The molecule has 80 valence electrons. The van der Waals surface area contributed by atoms with Gasteiger partial charge in [-0.15, -0.1) is 0 Å². The van der Waals surface area contributed by atoms with Crippen LogP contribution < -0.4 is 5.32 Å². The minimum absolute atomic E-state index is 0.0644. The SMILES string of the molecule is CCNC(C)C(O)c1cnn(CC)c1. The fourth-order valence-electron chi connectivity index (χ4n) is 1.43. The van der Waals surface area contributed by atoms with Crippen LogP contribution in [0.5, 0.6) is 0 Å². The van der Waals surface area contributed by atoms with Crippen LogP contribution in [0.2, 0.25) is 0 Å². The van der Waals surface area contributed by atoms with Gasteiger partial charge in [-0.2, -0.15) is 5.10 Å². The Morgan fingerprint density at radius 3 is 2.79 bits per heavy atom. The molecule has 0 spiro atoms. The second-order valence-corrected chi connectivity index (χ2v) is 3.42. The van der Waals surface area contributed by atoms with E-state index in [0.29, 0.717) is 0 Å². The molecule has 0 aromatic carbocycles. The summed E-state index contributed by atoms with van der Waals surface area (Å²) in [6.45, 7) is 7.72. The van der Waals surface area contributed by atoms with Crippen molar-refractivity contribution in [3.63, 3.8) is 0 Å². The molecule has 0 aliphatic heterocycles. The number of aromatic nitrogens is 2. The zero-order chi connectivity index (χ0) is 10.6. The van der Waals surface area contributed by atoms with Gasteiger partial charge in [0.1, 0.15) is 0 Å². The Morgan fingerprint density at radius 1 is 1.57 bits per heavy atom. The van der Waals surface area contributed by atoms with Crippen molar-refractivity contribution in [3.8, 4) is 0 Å². The van der Waals surface area contributed by atoms with Gasteiger partial charge in [0, 0.05) is 24.3 Å². The largest absolute Gasteiger partial charge is 0.387 e. The monoisotopic (exact) mass is 197 g/mol. The van der Waals surface area contributed by atoms with Gasteiger partial charge in [0.2, 0.25) is 0 Å². The lowest BCUT2D eigenvalue weighted by atomic mass is 10.1. The first-order valence-corrected chi connectivity index (χ1v) is 5.12. The molecule has 2 N–H and O–H groups in total. The van der Waals surface area contributed by atoms with Crippen molar-refractivity contribution in [2.45, 2.75) is 39.5 Å². The van der Waals surface area contributed by atoms with Crippen LogP contribution in [0.4, 0.5) is 0 Å². The number of hydrogen-bond acceptors (Lipinski definition) is 3. The van der Waals surface area contributed by atoms with Crippen LogP contribution in [0.3, 0.4) is 0 Å². The third-order valence-electron chi connectivity index (χ3n) is 2.32. The minimum Gasteiger partial charge on any atom is -0.387 e. The Balaban J connectivity index is 2.63. The summed E-state index contributed by atoms with van der Waals surface area (Å²) >= 11 is 0. The molecule has 0 fully saturated rings. The Hall–Kier alpha value is -0.870. The maximum Gasteiger partial charge on any atom is 0.0970 e. The van der Waals surface area contributed by atoms with E-state index in [4.69, 9.17) is 0 Å². The second-order valence-electron chi connectivity index (χ2n) is 3.42. The van der Waals surface area contributed by atoms with Crippen molar-refractivity contribution in [1.82, 2.24) is 15.1 Å². The molecule has 0 aliphatic rings. The van der Waals surface area contributed by atoms with E-state index in [9.17, 15) is 5.11 Å². The third-order valence-corrected chi connectivity index (χ3v) is 2.32. The van der Waals surface area contributed by atoms with Crippen molar-refractivity contribution >= 4 is 0 Å². The summed E-state index contributed by atoms with van der Waals surface area (Å²) in [5.41, 5.74) is 0.875. The molecule has 1 rings (SSSR count). The molecule has 1 heterocycles. The molecule has 1 aromatic rings. The van der Waals surface area contributed by atoms with E-state index in [0.717, 1.165) is 18.7 Å². The van der Waals surface area contributed by atoms with E-state index in [1.807, 2.05) is 31.6 Å². The molecule has 2 atom stereocenters. The van der Waals surface area contributed by atoms with Gasteiger partial charge >= 0.3 is 0 Å². The molecule has 4 heteroatoms. The number of nitrogens with zero attached hydrogens (tertiary/aromatic N) is 2. The van der Waals surface area contributed by atoms with Gasteiger partial charge in [0.15, 0.2) is 0 Å². The zero-order valence-electron chi connectivity index (χ0n) is 9.07. The van der Waals surface area contributed by atoms with Crippen LogP contribution >= 0.6 is 0 Å². The summed E-state index contributed by atoms with van der Waals surface area (Å²) in [6.07, 6.45) is 3.14. The van der Waals surface area contributed by atoms with Crippen LogP contribution in [0.25, 0.3) is 0 Å². The maximum absolute atomic E-state index is 9.91.